The van der Waals surface area contributed by atoms with Crippen LogP contribution in [0.5, 0.6) is 0 Å². The van der Waals surface area contributed by atoms with Crippen LogP contribution in [0.3, 0.4) is 0 Å². The molecule has 2 aliphatic heterocycles. The van der Waals surface area contributed by atoms with Gasteiger partial charge in [-0.15, -0.1) is 0 Å². The number of piperidine rings is 1. The van der Waals surface area contributed by atoms with Crippen LogP contribution < -0.4 is 10.6 Å². The van der Waals surface area contributed by atoms with Crippen LogP contribution >= 0.6 is 15.9 Å². The number of aromatic nitrogens is 1. The molecule has 3 heterocycles. The number of nitrogens with zero attached hydrogens (tertiary/aromatic N) is 4. The number of benzene rings is 1. The van der Waals surface area contributed by atoms with Gasteiger partial charge >= 0.3 is 0 Å². The predicted molar refractivity (Wildman–Crippen MR) is 153 cm³/mol. The molecule has 1 saturated heterocycles. The second kappa shape index (κ2) is 12.7. The summed E-state index contributed by atoms with van der Waals surface area (Å²) in [6.07, 6.45) is 9.92. The molecular formula is C29H35BrN6. The molecule has 2 N–H and O–H groups in total. The van der Waals surface area contributed by atoms with Crippen molar-refractivity contribution in [3.63, 3.8) is 0 Å². The van der Waals surface area contributed by atoms with Crippen molar-refractivity contribution in [2.24, 2.45) is 15.9 Å². The van der Waals surface area contributed by atoms with Crippen LogP contribution in [0.2, 0.25) is 0 Å². The van der Waals surface area contributed by atoms with Crippen molar-refractivity contribution in [2.45, 2.75) is 39.8 Å². The zero-order valence-electron chi connectivity index (χ0n) is 21.2. The zero-order chi connectivity index (χ0) is 25.3. The number of hydrogen-bond acceptors (Lipinski definition) is 6. The molecule has 1 unspecified atom stereocenters. The molecule has 1 atom stereocenters. The number of rotatable bonds is 8. The molecule has 0 saturated carbocycles. The van der Waals surface area contributed by atoms with E-state index in [1.807, 2.05) is 25.4 Å². The summed E-state index contributed by atoms with van der Waals surface area (Å²) in [5.74, 6) is 1.28. The number of allylic oxidation sites excluding steroid dienone is 3. The minimum Gasteiger partial charge on any atom is -0.383 e. The summed E-state index contributed by atoms with van der Waals surface area (Å²) >= 11 is 3.64. The van der Waals surface area contributed by atoms with E-state index < -0.39 is 0 Å². The van der Waals surface area contributed by atoms with Gasteiger partial charge in [0.05, 0.1) is 22.5 Å². The normalized spacial score (nSPS) is 23.4. The van der Waals surface area contributed by atoms with Crippen molar-refractivity contribution in [3.8, 4) is 0 Å². The lowest BCUT2D eigenvalue weighted by Crippen LogP contribution is -2.41. The van der Waals surface area contributed by atoms with Gasteiger partial charge in [-0.2, -0.15) is 0 Å². The smallest absolute Gasteiger partial charge is 0.0941 e. The lowest BCUT2D eigenvalue weighted by Gasteiger charge is -2.36. The Balaban J connectivity index is 1.46. The monoisotopic (exact) mass is 546 g/mol. The van der Waals surface area contributed by atoms with Crippen LogP contribution in [0, 0.1) is 12.8 Å². The molecule has 1 aromatic carbocycles. The molecule has 0 radical (unpaired) electrons. The molecule has 188 valence electrons. The molecular weight excluding hydrogens is 512 g/mol. The molecule has 0 spiro atoms. The van der Waals surface area contributed by atoms with Gasteiger partial charge in [0.25, 0.3) is 0 Å². The van der Waals surface area contributed by atoms with E-state index >= 15 is 0 Å². The van der Waals surface area contributed by atoms with Crippen molar-refractivity contribution < 1.29 is 0 Å². The molecule has 0 aliphatic carbocycles. The Labute approximate surface area is 223 Å². The van der Waals surface area contributed by atoms with Crippen molar-refractivity contribution in [2.75, 3.05) is 19.6 Å². The molecule has 7 heteroatoms. The minimum absolute atomic E-state index is 0.306. The molecule has 2 aromatic rings. The highest BCUT2D eigenvalue weighted by Crippen LogP contribution is 2.24. The molecule has 4 rings (SSSR count). The maximum Gasteiger partial charge on any atom is 0.0941 e. The van der Waals surface area contributed by atoms with Gasteiger partial charge in [-0.3, -0.25) is 15.0 Å². The third-order valence-corrected chi connectivity index (χ3v) is 7.29. The fourth-order valence-corrected chi connectivity index (χ4v) is 4.57. The van der Waals surface area contributed by atoms with Crippen LogP contribution in [0.4, 0.5) is 0 Å². The lowest BCUT2D eigenvalue weighted by atomic mass is 9.92. The van der Waals surface area contributed by atoms with Gasteiger partial charge in [-0.05, 0) is 65.9 Å². The highest BCUT2D eigenvalue weighted by atomic mass is 79.9. The van der Waals surface area contributed by atoms with E-state index in [0.29, 0.717) is 19.0 Å². The average Bonchev–Trinajstić information content (AvgIpc) is 2.97. The van der Waals surface area contributed by atoms with Crippen molar-refractivity contribution in [1.82, 2.24) is 20.5 Å². The van der Waals surface area contributed by atoms with E-state index in [2.05, 4.69) is 91.4 Å². The summed E-state index contributed by atoms with van der Waals surface area (Å²) < 4.78 is 0.916. The van der Waals surface area contributed by atoms with Gasteiger partial charge in [-0.25, -0.2) is 0 Å². The standard InChI is InChI=1S/C29H35BrN6/c1-21-8-10-24(11-9-21)16-33-23(3)36-13-5-7-26(20-36)29-14-27(18-32-19-28(30)22(2)35-29)34-17-25-6-4-12-31-15-25/h4,6,8-12,14-15,19,26,33-34H,3,5,7,13,16-18,20H2,1-2H3/b27-14+,28-22-,32-19?,35-29+. The first kappa shape index (κ1) is 25.9. The number of aliphatic imine (C=N–C) groups is 2. The highest BCUT2D eigenvalue weighted by molar-refractivity contribution is 9.12. The number of hydrogen-bond donors (Lipinski definition) is 2. The van der Waals surface area contributed by atoms with Crippen molar-refractivity contribution in [1.29, 1.82) is 0 Å². The number of likely N-dealkylation sites (tertiary alicyclic amines) is 1. The average molecular weight is 548 g/mol. The van der Waals surface area contributed by atoms with E-state index in [1.165, 1.54) is 11.1 Å². The molecule has 1 fully saturated rings. The fourth-order valence-electron chi connectivity index (χ4n) is 4.34. The zero-order valence-corrected chi connectivity index (χ0v) is 22.8. The first-order chi connectivity index (χ1) is 17.5. The van der Waals surface area contributed by atoms with Gasteiger partial charge in [0.1, 0.15) is 0 Å². The maximum absolute atomic E-state index is 5.05. The Morgan fingerprint density at radius 1 is 1.14 bits per heavy atom. The van der Waals surface area contributed by atoms with Crippen molar-refractivity contribution >= 4 is 27.9 Å². The number of halogens is 1. The van der Waals surface area contributed by atoms with E-state index in [4.69, 9.17) is 4.99 Å². The van der Waals surface area contributed by atoms with Crippen LogP contribution in [-0.2, 0) is 13.1 Å². The van der Waals surface area contributed by atoms with E-state index in [-0.39, 0.29) is 0 Å². The highest BCUT2D eigenvalue weighted by Gasteiger charge is 2.25. The number of aryl methyl sites for hydroxylation is 1. The van der Waals surface area contributed by atoms with Gasteiger partial charge in [0.2, 0.25) is 0 Å². The second-order valence-corrected chi connectivity index (χ2v) is 10.2. The fraction of sp³-hybridized carbons (Fsp3) is 0.345. The van der Waals surface area contributed by atoms with Gasteiger partial charge in [-0.1, -0.05) is 42.5 Å². The molecule has 2 aliphatic rings. The topological polar surface area (TPSA) is 64.9 Å². The minimum atomic E-state index is 0.306. The van der Waals surface area contributed by atoms with Crippen LogP contribution in [0.25, 0.3) is 0 Å². The first-order valence-electron chi connectivity index (χ1n) is 12.5. The molecule has 0 bridgehead atoms. The van der Waals surface area contributed by atoms with E-state index in [0.717, 1.165) is 65.4 Å². The van der Waals surface area contributed by atoms with E-state index in [9.17, 15) is 0 Å². The number of pyridine rings is 1. The third kappa shape index (κ3) is 7.40. The predicted octanol–water partition coefficient (Wildman–Crippen LogP) is 5.49. The summed E-state index contributed by atoms with van der Waals surface area (Å²) in [7, 11) is 0. The first-order valence-corrected chi connectivity index (χ1v) is 13.3. The van der Waals surface area contributed by atoms with Crippen LogP contribution in [0.1, 0.15) is 36.5 Å². The SMILES string of the molecule is C=C(NCc1ccc(C)cc1)N1CCCC(C2=N/C(C)=C(\Br)C=NC/C(NCc3cccnc3)=C\2)C1. The molecule has 6 nitrogen and oxygen atoms in total. The third-order valence-electron chi connectivity index (χ3n) is 6.51. The van der Waals surface area contributed by atoms with Gasteiger partial charge in [0.15, 0.2) is 0 Å². The Morgan fingerprint density at radius 3 is 2.75 bits per heavy atom. The molecule has 36 heavy (non-hydrogen) atoms. The van der Waals surface area contributed by atoms with Crippen LogP contribution in [0.15, 0.2) is 93.1 Å². The summed E-state index contributed by atoms with van der Waals surface area (Å²) in [6.45, 7) is 12.4. The summed E-state index contributed by atoms with van der Waals surface area (Å²) in [5.41, 5.74) is 6.74. The van der Waals surface area contributed by atoms with Gasteiger partial charge in [0, 0.05) is 62.1 Å². The Hall–Kier alpha value is -3.19. The second-order valence-electron chi connectivity index (χ2n) is 9.40. The van der Waals surface area contributed by atoms with E-state index in [1.54, 1.807) is 6.20 Å². The summed E-state index contributed by atoms with van der Waals surface area (Å²) in [4.78, 5) is 16.3. The van der Waals surface area contributed by atoms with Gasteiger partial charge < -0.3 is 15.5 Å². The summed E-state index contributed by atoms with van der Waals surface area (Å²) in [6, 6.07) is 12.7. The number of nitrogens with one attached hydrogen (secondary N) is 2. The lowest BCUT2D eigenvalue weighted by molar-refractivity contribution is 0.240. The molecule has 0 amide bonds. The Kier molecular flexibility index (Phi) is 9.11. The Morgan fingerprint density at radius 2 is 1.97 bits per heavy atom. The molecule has 1 aromatic heterocycles. The quantitative estimate of drug-likeness (QED) is 0.459. The Bertz CT molecular complexity index is 1160. The van der Waals surface area contributed by atoms with Crippen molar-refractivity contribution in [3.05, 3.63) is 99.8 Å². The summed E-state index contributed by atoms with van der Waals surface area (Å²) in [5, 5.41) is 7.09. The maximum atomic E-state index is 5.05. The largest absolute Gasteiger partial charge is 0.383 e. The van der Waals surface area contributed by atoms with Crippen LogP contribution in [-0.4, -0.2) is 41.4 Å².